The van der Waals surface area contributed by atoms with Crippen LogP contribution in [-0.4, -0.2) is 36.0 Å². The predicted molar refractivity (Wildman–Crippen MR) is 67.0 cm³/mol. The zero-order chi connectivity index (χ0) is 14.0. The summed E-state index contributed by atoms with van der Waals surface area (Å²) >= 11 is 0. The van der Waals surface area contributed by atoms with E-state index >= 15 is 0 Å². The summed E-state index contributed by atoms with van der Waals surface area (Å²) < 4.78 is 0. The molecular formula is C12H22N2O4. The van der Waals surface area contributed by atoms with Gasteiger partial charge in [-0.05, 0) is 18.8 Å². The summed E-state index contributed by atoms with van der Waals surface area (Å²) in [4.78, 5) is 32.8. The van der Waals surface area contributed by atoms with Crippen molar-refractivity contribution in [2.24, 2.45) is 5.92 Å². The lowest BCUT2D eigenvalue weighted by molar-refractivity contribution is -0.137. The van der Waals surface area contributed by atoms with Crippen LogP contribution in [0.4, 0.5) is 0 Å². The van der Waals surface area contributed by atoms with Gasteiger partial charge in [-0.15, -0.1) is 0 Å². The first kappa shape index (κ1) is 16.4. The Morgan fingerprint density at radius 2 is 1.72 bits per heavy atom. The van der Waals surface area contributed by atoms with Crippen LogP contribution in [0.15, 0.2) is 0 Å². The summed E-state index contributed by atoms with van der Waals surface area (Å²) in [5, 5.41) is 13.5. The highest BCUT2D eigenvalue weighted by atomic mass is 16.4. The van der Waals surface area contributed by atoms with Crippen LogP contribution in [0.25, 0.3) is 0 Å². The van der Waals surface area contributed by atoms with Gasteiger partial charge in [-0.1, -0.05) is 13.8 Å². The van der Waals surface area contributed by atoms with E-state index in [1.807, 2.05) is 13.8 Å². The summed E-state index contributed by atoms with van der Waals surface area (Å²) in [5.74, 6) is -0.852. The molecule has 0 saturated heterocycles. The van der Waals surface area contributed by atoms with Gasteiger partial charge in [-0.25, -0.2) is 0 Å². The molecule has 0 aliphatic carbocycles. The van der Waals surface area contributed by atoms with Crippen LogP contribution in [0.3, 0.4) is 0 Å². The molecule has 0 aromatic carbocycles. The maximum atomic E-state index is 11.3. The number of carbonyl (C=O) groups is 3. The van der Waals surface area contributed by atoms with E-state index in [1.165, 1.54) is 0 Å². The second-order valence-electron chi connectivity index (χ2n) is 4.56. The normalized spacial score (nSPS) is 10.2. The first-order valence-electron chi connectivity index (χ1n) is 6.17. The lowest BCUT2D eigenvalue weighted by Gasteiger charge is -2.07. The first-order chi connectivity index (χ1) is 8.41. The molecule has 2 amide bonds. The van der Waals surface area contributed by atoms with Crippen LogP contribution in [0.1, 0.15) is 39.5 Å². The summed E-state index contributed by atoms with van der Waals surface area (Å²) in [7, 11) is 0. The molecule has 0 rings (SSSR count). The van der Waals surface area contributed by atoms with Crippen LogP contribution in [0.2, 0.25) is 0 Å². The third-order valence-corrected chi connectivity index (χ3v) is 2.28. The third-order valence-electron chi connectivity index (χ3n) is 2.28. The second kappa shape index (κ2) is 9.44. The SMILES string of the molecule is CC(C)CCC(=O)NCC(=O)NCCCC(=O)O. The quantitative estimate of drug-likeness (QED) is 0.525. The Balaban J connectivity index is 3.52. The number of carboxylic acids is 1. The van der Waals surface area contributed by atoms with Gasteiger partial charge in [-0.2, -0.15) is 0 Å². The molecule has 0 aliphatic rings. The van der Waals surface area contributed by atoms with E-state index in [0.29, 0.717) is 25.3 Å². The Labute approximate surface area is 107 Å². The Kier molecular flexibility index (Phi) is 8.61. The average molecular weight is 258 g/mol. The van der Waals surface area contributed by atoms with E-state index in [2.05, 4.69) is 10.6 Å². The predicted octanol–water partition coefficient (Wildman–Crippen LogP) is 0.520. The van der Waals surface area contributed by atoms with Crippen molar-refractivity contribution in [3.63, 3.8) is 0 Å². The van der Waals surface area contributed by atoms with E-state index in [0.717, 1.165) is 6.42 Å². The lowest BCUT2D eigenvalue weighted by atomic mass is 10.1. The fourth-order valence-corrected chi connectivity index (χ4v) is 1.22. The Bertz CT molecular complexity index is 290. The maximum Gasteiger partial charge on any atom is 0.303 e. The van der Waals surface area contributed by atoms with Gasteiger partial charge in [0.2, 0.25) is 11.8 Å². The minimum Gasteiger partial charge on any atom is -0.481 e. The molecule has 0 aromatic rings. The molecule has 0 spiro atoms. The lowest BCUT2D eigenvalue weighted by Crippen LogP contribution is -2.37. The summed E-state index contributed by atoms with van der Waals surface area (Å²) in [6.07, 6.45) is 1.64. The van der Waals surface area contributed by atoms with Crippen molar-refractivity contribution >= 4 is 17.8 Å². The number of amides is 2. The van der Waals surface area contributed by atoms with Crippen molar-refractivity contribution in [2.75, 3.05) is 13.1 Å². The highest BCUT2D eigenvalue weighted by Crippen LogP contribution is 2.02. The summed E-state index contributed by atoms with van der Waals surface area (Å²) in [5.41, 5.74) is 0. The van der Waals surface area contributed by atoms with Crippen molar-refractivity contribution in [2.45, 2.75) is 39.5 Å². The zero-order valence-electron chi connectivity index (χ0n) is 11.0. The highest BCUT2D eigenvalue weighted by molar-refractivity contribution is 5.84. The fraction of sp³-hybridized carbons (Fsp3) is 0.750. The molecule has 0 bridgehead atoms. The molecular weight excluding hydrogens is 236 g/mol. The highest BCUT2D eigenvalue weighted by Gasteiger charge is 2.06. The molecule has 0 heterocycles. The number of carbonyl (C=O) groups excluding carboxylic acids is 2. The van der Waals surface area contributed by atoms with Gasteiger partial charge in [0.1, 0.15) is 0 Å². The summed E-state index contributed by atoms with van der Waals surface area (Å²) in [6.45, 7) is 4.32. The van der Waals surface area contributed by atoms with Crippen LogP contribution >= 0.6 is 0 Å². The molecule has 0 saturated carbocycles. The Hall–Kier alpha value is -1.59. The van der Waals surface area contributed by atoms with Crippen molar-refractivity contribution in [3.05, 3.63) is 0 Å². The van der Waals surface area contributed by atoms with Gasteiger partial charge in [0.25, 0.3) is 0 Å². The zero-order valence-corrected chi connectivity index (χ0v) is 11.0. The molecule has 0 aliphatic heterocycles. The fourth-order valence-electron chi connectivity index (χ4n) is 1.22. The van der Waals surface area contributed by atoms with Gasteiger partial charge >= 0.3 is 5.97 Å². The Morgan fingerprint density at radius 3 is 2.28 bits per heavy atom. The minimum atomic E-state index is -0.883. The molecule has 18 heavy (non-hydrogen) atoms. The molecule has 0 fully saturated rings. The number of carboxylic acid groups (broad SMARTS) is 1. The van der Waals surface area contributed by atoms with Gasteiger partial charge < -0.3 is 15.7 Å². The van der Waals surface area contributed by atoms with Crippen LogP contribution in [-0.2, 0) is 14.4 Å². The maximum absolute atomic E-state index is 11.3. The minimum absolute atomic E-state index is 0.0288. The molecule has 0 radical (unpaired) electrons. The van der Waals surface area contributed by atoms with E-state index < -0.39 is 5.97 Å². The Morgan fingerprint density at radius 1 is 1.06 bits per heavy atom. The topological polar surface area (TPSA) is 95.5 Å². The number of rotatable bonds is 9. The van der Waals surface area contributed by atoms with Gasteiger partial charge in [0.15, 0.2) is 0 Å². The monoisotopic (exact) mass is 258 g/mol. The van der Waals surface area contributed by atoms with E-state index in [9.17, 15) is 14.4 Å². The molecule has 104 valence electrons. The van der Waals surface area contributed by atoms with E-state index in [-0.39, 0.29) is 24.8 Å². The first-order valence-corrected chi connectivity index (χ1v) is 6.17. The van der Waals surface area contributed by atoms with Gasteiger partial charge in [0.05, 0.1) is 6.54 Å². The molecule has 3 N–H and O–H groups in total. The summed E-state index contributed by atoms with van der Waals surface area (Å²) in [6, 6.07) is 0. The molecule has 6 nitrogen and oxygen atoms in total. The van der Waals surface area contributed by atoms with Gasteiger partial charge in [-0.3, -0.25) is 14.4 Å². The smallest absolute Gasteiger partial charge is 0.303 e. The standard InChI is InChI=1S/C12H22N2O4/c1-9(2)5-6-10(15)14-8-11(16)13-7-3-4-12(17)18/h9H,3-8H2,1-2H3,(H,13,16)(H,14,15)(H,17,18). The van der Waals surface area contributed by atoms with Crippen LogP contribution in [0.5, 0.6) is 0 Å². The molecule has 0 unspecified atom stereocenters. The largest absolute Gasteiger partial charge is 0.481 e. The number of hydrogen-bond acceptors (Lipinski definition) is 3. The number of hydrogen-bond donors (Lipinski definition) is 3. The molecule has 0 atom stereocenters. The van der Waals surface area contributed by atoms with E-state index in [4.69, 9.17) is 5.11 Å². The molecule has 6 heteroatoms. The van der Waals surface area contributed by atoms with Gasteiger partial charge in [0, 0.05) is 19.4 Å². The van der Waals surface area contributed by atoms with Crippen molar-refractivity contribution in [3.8, 4) is 0 Å². The second-order valence-corrected chi connectivity index (χ2v) is 4.56. The van der Waals surface area contributed by atoms with E-state index in [1.54, 1.807) is 0 Å². The van der Waals surface area contributed by atoms with Crippen molar-refractivity contribution in [1.29, 1.82) is 0 Å². The molecule has 0 aromatic heterocycles. The van der Waals surface area contributed by atoms with Crippen molar-refractivity contribution in [1.82, 2.24) is 10.6 Å². The average Bonchev–Trinajstić information content (AvgIpc) is 2.29. The number of aliphatic carboxylic acids is 1. The van der Waals surface area contributed by atoms with Crippen LogP contribution < -0.4 is 10.6 Å². The van der Waals surface area contributed by atoms with Crippen molar-refractivity contribution < 1.29 is 19.5 Å². The number of nitrogens with one attached hydrogen (secondary N) is 2. The third kappa shape index (κ3) is 10.9. The van der Waals surface area contributed by atoms with Crippen LogP contribution in [0, 0.1) is 5.92 Å².